The van der Waals surface area contributed by atoms with Crippen LogP contribution in [0.3, 0.4) is 0 Å². The van der Waals surface area contributed by atoms with Gasteiger partial charge in [-0.1, -0.05) is 63.2 Å². The molecule has 0 radical (unpaired) electrons. The fraction of sp³-hybridized carbons (Fsp3) is 0.321. The maximum atomic E-state index is 6.49. The minimum absolute atomic E-state index is 0.119. The van der Waals surface area contributed by atoms with E-state index in [0.717, 1.165) is 34.8 Å². The van der Waals surface area contributed by atoms with Crippen LogP contribution in [-0.4, -0.2) is 17.3 Å². The molecule has 2 aliphatic rings. The van der Waals surface area contributed by atoms with Crippen LogP contribution >= 0.6 is 0 Å². The fourth-order valence-electron chi connectivity index (χ4n) is 4.49. The van der Waals surface area contributed by atoms with E-state index in [1.807, 2.05) is 25.1 Å². The van der Waals surface area contributed by atoms with Gasteiger partial charge in [-0.15, -0.1) is 0 Å². The van der Waals surface area contributed by atoms with Gasteiger partial charge in [0.2, 0.25) is 6.23 Å². The number of nitrogens with zero attached hydrogens (tertiary/aromatic N) is 2. The van der Waals surface area contributed by atoms with Crippen molar-refractivity contribution in [1.29, 1.82) is 0 Å². The second-order valence-corrected chi connectivity index (χ2v) is 9.48. The Morgan fingerprint density at radius 1 is 0.969 bits per heavy atom. The molecule has 2 aliphatic heterocycles. The molecule has 4 heteroatoms. The molecule has 0 amide bonds. The number of para-hydroxylation sites is 1. The molecule has 0 N–H and O–H groups in total. The molecule has 2 unspecified atom stereocenters. The molecule has 2 atom stereocenters. The van der Waals surface area contributed by atoms with Gasteiger partial charge in [0, 0.05) is 17.5 Å². The Labute approximate surface area is 190 Å². The highest BCUT2D eigenvalue weighted by Crippen LogP contribution is 2.47. The third-order valence-corrected chi connectivity index (χ3v) is 6.26. The van der Waals surface area contributed by atoms with Crippen molar-refractivity contribution >= 4 is 5.71 Å². The van der Waals surface area contributed by atoms with E-state index in [2.05, 4.69) is 80.4 Å². The van der Waals surface area contributed by atoms with E-state index in [-0.39, 0.29) is 17.7 Å². The second-order valence-electron chi connectivity index (χ2n) is 9.48. The van der Waals surface area contributed by atoms with Gasteiger partial charge in [-0.2, -0.15) is 5.10 Å². The first-order valence-electron chi connectivity index (χ1n) is 11.4. The predicted octanol–water partition coefficient (Wildman–Crippen LogP) is 6.63. The maximum Gasteiger partial charge on any atom is 0.213 e. The van der Waals surface area contributed by atoms with E-state index in [9.17, 15) is 0 Å². The molecule has 0 bridgehead atoms. The van der Waals surface area contributed by atoms with Crippen LogP contribution in [-0.2, 0) is 5.41 Å². The van der Waals surface area contributed by atoms with Gasteiger partial charge in [0.15, 0.2) is 0 Å². The molecular weight excluding hydrogens is 396 g/mol. The maximum absolute atomic E-state index is 6.49. The summed E-state index contributed by atoms with van der Waals surface area (Å²) in [5.41, 5.74) is 5.95. The Hall–Kier alpha value is -3.27. The fourth-order valence-corrected chi connectivity index (χ4v) is 4.49. The van der Waals surface area contributed by atoms with E-state index in [4.69, 9.17) is 14.6 Å². The first-order valence-corrected chi connectivity index (χ1v) is 11.4. The van der Waals surface area contributed by atoms with Gasteiger partial charge in [-0.3, -0.25) is 0 Å². The highest BCUT2D eigenvalue weighted by Gasteiger charge is 2.40. The standard InChI is InChI=1S/C28H30N2O2/c1-5-31-22-16-12-19(13-17-22)24-18-25-23-8-6-7-9-26(23)32-27(30(25)29-24)20-10-14-21(15-11-20)28(2,3)4/h6-17,25,27H,5,18H2,1-4H3. The molecule has 2 heterocycles. The van der Waals surface area contributed by atoms with E-state index in [0.29, 0.717) is 6.61 Å². The molecule has 0 fully saturated rings. The summed E-state index contributed by atoms with van der Waals surface area (Å²) >= 11 is 0. The molecule has 0 saturated carbocycles. The average molecular weight is 427 g/mol. The van der Waals surface area contributed by atoms with Gasteiger partial charge >= 0.3 is 0 Å². The summed E-state index contributed by atoms with van der Waals surface area (Å²) in [6, 6.07) is 25.5. The van der Waals surface area contributed by atoms with Crippen molar-refractivity contribution in [3.05, 3.63) is 95.1 Å². The topological polar surface area (TPSA) is 34.1 Å². The number of hydrogen-bond donors (Lipinski definition) is 0. The van der Waals surface area contributed by atoms with E-state index in [1.54, 1.807) is 0 Å². The Balaban J connectivity index is 1.50. The smallest absolute Gasteiger partial charge is 0.213 e. The Bertz CT molecular complexity index is 1130. The summed E-state index contributed by atoms with van der Waals surface area (Å²) in [5, 5.41) is 7.21. The Morgan fingerprint density at radius 3 is 2.38 bits per heavy atom. The zero-order chi connectivity index (χ0) is 22.3. The summed E-state index contributed by atoms with van der Waals surface area (Å²) in [6.45, 7) is 9.37. The molecule has 0 aromatic heterocycles. The number of fused-ring (bicyclic) bond motifs is 3. The monoisotopic (exact) mass is 426 g/mol. The van der Waals surface area contributed by atoms with Crippen molar-refractivity contribution in [2.45, 2.75) is 51.8 Å². The van der Waals surface area contributed by atoms with Gasteiger partial charge in [0.1, 0.15) is 11.5 Å². The van der Waals surface area contributed by atoms with Crippen LogP contribution in [0.15, 0.2) is 77.9 Å². The SMILES string of the molecule is CCOc1ccc(C2=NN3C(C2)c2ccccc2OC3c2ccc(C(C)(C)C)cc2)cc1. The number of rotatable bonds is 4. The Morgan fingerprint density at radius 2 is 1.69 bits per heavy atom. The van der Waals surface area contributed by atoms with Gasteiger partial charge in [-0.05, 0) is 53.8 Å². The van der Waals surface area contributed by atoms with Crippen molar-refractivity contribution < 1.29 is 9.47 Å². The van der Waals surface area contributed by atoms with E-state index in [1.165, 1.54) is 11.1 Å². The average Bonchev–Trinajstić information content (AvgIpc) is 3.25. The van der Waals surface area contributed by atoms with Crippen LogP contribution in [0.1, 0.15) is 68.6 Å². The van der Waals surface area contributed by atoms with Crippen molar-refractivity contribution in [2.75, 3.05) is 6.61 Å². The lowest BCUT2D eigenvalue weighted by molar-refractivity contribution is -0.0190. The molecule has 0 saturated heterocycles. The molecule has 4 nitrogen and oxygen atoms in total. The molecule has 3 aromatic rings. The summed E-state index contributed by atoms with van der Waals surface area (Å²) in [7, 11) is 0. The van der Waals surface area contributed by atoms with Gasteiger partial charge in [0.25, 0.3) is 0 Å². The van der Waals surface area contributed by atoms with Gasteiger partial charge in [0.05, 0.1) is 18.4 Å². The molecule has 164 valence electrons. The largest absolute Gasteiger partial charge is 0.494 e. The zero-order valence-electron chi connectivity index (χ0n) is 19.2. The minimum Gasteiger partial charge on any atom is -0.494 e. The molecule has 3 aromatic carbocycles. The molecule has 0 aliphatic carbocycles. The van der Waals surface area contributed by atoms with Crippen LogP contribution in [0.4, 0.5) is 0 Å². The normalized spacial score (nSPS) is 19.6. The third-order valence-electron chi connectivity index (χ3n) is 6.26. The highest BCUT2D eigenvalue weighted by atomic mass is 16.5. The lowest BCUT2D eigenvalue weighted by atomic mass is 9.86. The van der Waals surface area contributed by atoms with Crippen LogP contribution in [0.25, 0.3) is 0 Å². The highest BCUT2D eigenvalue weighted by molar-refractivity contribution is 6.02. The van der Waals surface area contributed by atoms with Crippen molar-refractivity contribution in [2.24, 2.45) is 5.10 Å². The van der Waals surface area contributed by atoms with Crippen LogP contribution < -0.4 is 9.47 Å². The lowest BCUT2D eigenvalue weighted by Crippen LogP contribution is -2.33. The Kier molecular flexibility index (Phi) is 5.16. The van der Waals surface area contributed by atoms with Crippen LogP contribution in [0.2, 0.25) is 0 Å². The summed E-state index contributed by atoms with van der Waals surface area (Å²) in [6.07, 6.45) is 0.606. The van der Waals surface area contributed by atoms with Gasteiger partial charge < -0.3 is 9.47 Å². The molecular formula is C28H30N2O2. The van der Waals surface area contributed by atoms with Crippen molar-refractivity contribution in [3.8, 4) is 11.5 Å². The lowest BCUT2D eigenvalue weighted by Gasteiger charge is -2.38. The first-order chi connectivity index (χ1) is 15.4. The second kappa shape index (κ2) is 8.01. The zero-order valence-corrected chi connectivity index (χ0v) is 19.2. The van der Waals surface area contributed by atoms with E-state index >= 15 is 0 Å². The molecule has 0 spiro atoms. The van der Waals surface area contributed by atoms with Gasteiger partial charge in [-0.25, -0.2) is 5.01 Å². The van der Waals surface area contributed by atoms with Crippen LogP contribution in [0.5, 0.6) is 11.5 Å². The quantitative estimate of drug-likeness (QED) is 0.470. The first kappa shape index (κ1) is 20.6. The minimum atomic E-state index is -0.246. The summed E-state index contributed by atoms with van der Waals surface area (Å²) < 4.78 is 12.1. The van der Waals surface area contributed by atoms with Crippen molar-refractivity contribution in [3.63, 3.8) is 0 Å². The number of benzene rings is 3. The number of hydrazone groups is 1. The molecule has 5 rings (SSSR count). The predicted molar refractivity (Wildman–Crippen MR) is 128 cm³/mol. The van der Waals surface area contributed by atoms with E-state index < -0.39 is 0 Å². The number of hydrogen-bond acceptors (Lipinski definition) is 4. The third kappa shape index (κ3) is 3.75. The summed E-state index contributed by atoms with van der Waals surface area (Å²) in [5.74, 6) is 1.83. The number of ether oxygens (including phenoxy) is 2. The molecule has 32 heavy (non-hydrogen) atoms. The van der Waals surface area contributed by atoms with Crippen molar-refractivity contribution in [1.82, 2.24) is 5.01 Å². The van der Waals surface area contributed by atoms with Crippen LogP contribution in [0, 0.1) is 0 Å². The summed E-state index contributed by atoms with van der Waals surface area (Å²) in [4.78, 5) is 0.